The van der Waals surface area contributed by atoms with Gasteiger partial charge in [0.25, 0.3) is 0 Å². The molecule has 5 heteroatoms. The number of carbonyl (C=O) groups excluding carboxylic acids is 1. The molecule has 0 heterocycles. The number of hydrogen-bond acceptors (Lipinski definition) is 4. The van der Waals surface area contributed by atoms with Crippen molar-refractivity contribution in [2.45, 2.75) is 12.5 Å². The molecule has 1 aromatic rings. The van der Waals surface area contributed by atoms with Gasteiger partial charge < -0.3 is 20.7 Å². The van der Waals surface area contributed by atoms with Crippen LogP contribution in [0.2, 0.25) is 0 Å². The fourth-order valence-corrected chi connectivity index (χ4v) is 1.60. The predicted octanol–water partition coefficient (Wildman–Crippen LogP) is 0.703. The molecule has 1 aromatic carbocycles. The van der Waals surface area contributed by atoms with Gasteiger partial charge in [0, 0.05) is 19.3 Å². The average molecular weight is 265 g/mol. The van der Waals surface area contributed by atoms with E-state index in [0.29, 0.717) is 0 Å². The maximum atomic E-state index is 11.7. The molecule has 1 atom stereocenters. The number of nitrogens with one attached hydrogen (secondary N) is 1. The lowest BCUT2D eigenvalue weighted by molar-refractivity contribution is -0.118. The van der Waals surface area contributed by atoms with Gasteiger partial charge in [-0.05, 0) is 38.2 Å². The van der Waals surface area contributed by atoms with E-state index in [4.69, 9.17) is 10.5 Å². The molecular formula is C14H23N3O2. The van der Waals surface area contributed by atoms with Crippen LogP contribution < -0.4 is 11.1 Å². The molecule has 0 aliphatic heterocycles. The predicted molar refractivity (Wildman–Crippen MR) is 77.2 cm³/mol. The van der Waals surface area contributed by atoms with Crippen LogP contribution in [0.25, 0.3) is 0 Å². The Morgan fingerprint density at radius 2 is 2.00 bits per heavy atom. The fraction of sp³-hybridized carbons (Fsp3) is 0.500. The molecule has 0 bridgehead atoms. The SMILES string of the molecule is COCC(N)C(=O)Nc1ccc(CCN(C)C)cc1. The second-order valence-electron chi connectivity index (χ2n) is 4.80. The number of hydrogen-bond donors (Lipinski definition) is 2. The van der Waals surface area contributed by atoms with Crippen LogP contribution in [-0.4, -0.2) is 51.2 Å². The van der Waals surface area contributed by atoms with Crippen LogP contribution in [0.4, 0.5) is 5.69 Å². The van der Waals surface area contributed by atoms with Crippen molar-refractivity contribution in [3.05, 3.63) is 29.8 Å². The number of ether oxygens (including phenoxy) is 1. The Kier molecular flexibility index (Phi) is 6.49. The standard InChI is InChI=1S/C14H23N3O2/c1-17(2)9-8-11-4-6-12(7-5-11)16-14(18)13(15)10-19-3/h4-7,13H,8-10,15H2,1-3H3,(H,16,18). The summed E-state index contributed by atoms with van der Waals surface area (Å²) in [5.41, 5.74) is 7.64. The lowest BCUT2D eigenvalue weighted by Crippen LogP contribution is -2.39. The van der Waals surface area contributed by atoms with Crippen molar-refractivity contribution < 1.29 is 9.53 Å². The van der Waals surface area contributed by atoms with Crippen LogP contribution in [-0.2, 0) is 16.0 Å². The molecule has 19 heavy (non-hydrogen) atoms. The van der Waals surface area contributed by atoms with E-state index in [1.54, 1.807) is 0 Å². The van der Waals surface area contributed by atoms with Gasteiger partial charge in [0.15, 0.2) is 0 Å². The number of rotatable bonds is 7. The Hall–Kier alpha value is -1.43. The largest absolute Gasteiger partial charge is 0.383 e. The minimum absolute atomic E-state index is 0.215. The van der Waals surface area contributed by atoms with E-state index >= 15 is 0 Å². The summed E-state index contributed by atoms with van der Waals surface area (Å²) in [5, 5.41) is 2.76. The third kappa shape index (κ3) is 5.83. The van der Waals surface area contributed by atoms with Crippen molar-refractivity contribution in [3.8, 4) is 0 Å². The molecule has 0 fully saturated rings. The number of carbonyl (C=O) groups is 1. The van der Waals surface area contributed by atoms with Gasteiger partial charge in [-0.3, -0.25) is 4.79 Å². The lowest BCUT2D eigenvalue weighted by atomic mass is 10.1. The van der Waals surface area contributed by atoms with E-state index in [2.05, 4.69) is 10.2 Å². The number of methoxy groups -OCH3 is 1. The summed E-state index contributed by atoms with van der Waals surface area (Å²) in [7, 11) is 5.62. The Morgan fingerprint density at radius 1 is 1.37 bits per heavy atom. The molecule has 106 valence electrons. The van der Waals surface area contributed by atoms with Crippen molar-refractivity contribution >= 4 is 11.6 Å². The molecule has 5 nitrogen and oxygen atoms in total. The summed E-state index contributed by atoms with van der Waals surface area (Å²) in [4.78, 5) is 13.8. The van der Waals surface area contributed by atoms with Crippen LogP contribution in [0.1, 0.15) is 5.56 Å². The molecule has 0 saturated heterocycles. The van der Waals surface area contributed by atoms with Crippen LogP contribution in [0, 0.1) is 0 Å². The number of likely N-dealkylation sites (N-methyl/N-ethyl adjacent to an activating group) is 1. The summed E-state index contributed by atoms with van der Waals surface area (Å²) in [5.74, 6) is -0.233. The molecule has 1 unspecified atom stereocenters. The van der Waals surface area contributed by atoms with Crippen LogP contribution in [0.15, 0.2) is 24.3 Å². The van der Waals surface area contributed by atoms with E-state index < -0.39 is 6.04 Å². The van der Waals surface area contributed by atoms with Gasteiger partial charge in [0.2, 0.25) is 5.91 Å². The zero-order valence-electron chi connectivity index (χ0n) is 11.8. The van der Waals surface area contributed by atoms with E-state index in [0.717, 1.165) is 18.7 Å². The highest BCUT2D eigenvalue weighted by Gasteiger charge is 2.12. The van der Waals surface area contributed by atoms with Crippen molar-refractivity contribution in [2.24, 2.45) is 5.73 Å². The summed E-state index contributed by atoms with van der Waals surface area (Å²) >= 11 is 0. The minimum Gasteiger partial charge on any atom is -0.383 e. The topological polar surface area (TPSA) is 67.6 Å². The highest BCUT2D eigenvalue weighted by Crippen LogP contribution is 2.10. The zero-order valence-corrected chi connectivity index (χ0v) is 11.8. The summed E-state index contributed by atoms with van der Waals surface area (Å²) in [6, 6.07) is 7.17. The number of benzene rings is 1. The van der Waals surface area contributed by atoms with Gasteiger partial charge in [0.05, 0.1) is 6.61 Å². The van der Waals surface area contributed by atoms with E-state index in [1.807, 2.05) is 38.4 Å². The summed E-state index contributed by atoms with van der Waals surface area (Å²) in [6.07, 6.45) is 0.990. The number of anilines is 1. The zero-order chi connectivity index (χ0) is 14.3. The number of nitrogens with two attached hydrogens (primary N) is 1. The third-order valence-corrected chi connectivity index (χ3v) is 2.75. The van der Waals surface area contributed by atoms with Gasteiger partial charge >= 0.3 is 0 Å². The maximum absolute atomic E-state index is 11.7. The van der Waals surface area contributed by atoms with E-state index in [9.17, 15) is 4.79 Å². The van der Waals surface area contributed by atoms with Crippen LogP contribution >= 0.6 is 0 Å². The molecule has 0 aliphatic rings. The minimum atomic E-state index is -0.640. The van der Waals surface area contributed by atoms with Gasteiger partial charge in [-0.1, -0.05) is 12.1 Å². The van der Waals surface area contributed by atoms with Crippen molar-refractivity contribution in [1.29, 1.82) is 0 Å². The monoisotopic (exact) mass is 265 g/mol. The Labute approximate surface area is 114 Å². The molecule has 1 rings (SSSR count). The lowest BCUT2D eigenvalue weighted by Gasteiger charge is -2.12. The van der Waals surface area contributed by atoms with E-state index in [-0.39, 0.29) is 12.5 Å². The first-order valence-corrected chi connectivity index (χ1v) is 6.32. The molecule has 0 spiro atoms. The second-order valence-corrected chi connectivity index (χ2v) is 4.80. The maximum Gasteiger partial charge on any atom is 0.243 e. The van der Waals surface area contributed by atoms with Crippen molar-refractivity contribution in [2.75, 3.05) is 39.7 Å². The number of nitrogens with zero attached hydrogens (tertiary/aromatic N) is 1. The molecule has 3 N–H and O–H groups in total. The van der Waals surface area contributed by atoms with Gasteiger partial charge in [-0.2, -0.15) is 0 Å². The molecule has 0 aliphatic carbocycles. The highest BCUT2D eigenvalue weighted by molar-refractivity contribution is 5.94. The first-order valence-electron chi connectivity index (χ1n) is 6.32. The summed E-state index contributed by atoms with van der Waals surface area (Å²) in [6.45, 7) is 1.22. The van der Waals surface area contributed by atoms with Crippen molar-refractivity contribution in [3.63, 3.8) is 0 Å². The Balaban J connectivity index is 2.50. The van der Waals surface area contributed by atoms with Gasteiger partial charge in [-0.15, -0.1) is 0 Å². The number of amides is 1. The third-order valence-electron chi connectivity index (χ3n) is 2.75. The van der Waals surface area contributed by atoms with Crippen LogP contribution in [0.3, 0.4) is 0 Å². The smallest absolute Gasteiger partial charge is 0.243 e. The van der Waals surface area contributed by atoms with E-state index in [1.165, 1.54) is 12.7 Å². The molecular weight excluding hydrogens is 242 g/mol. The van der Waals surface area contributed by atoms with Crippen LogP contribution in [0.5, 0.6) is 0 Å². The first kappa shape index (κ1) is 15.6. The normalized spacial score (nSPS) is 12.5. The Morgan fingerprint density at radius 3 is 2.53 bits per heavy atom. The van der Waals surface area contributed by atoms with Crippen molar-refractivity contribution in [1.82, 2.24) is 4.90 Å². The first-order chi connectivity index (χ1) is 9.02. The molecule has 1 amide bonds. The second kappa shape index (κ2) is 7.89. The quantitative estimate of drug-likeness (QED) is 0.761. The Bertz CT molecular complexity index is 390. The molecule has 0 radical (unpaired) electrons. The fourth-order valence-electron chi connectivity index (χ4n) is 1.60. The summed E-state index contributed by atoms with van der Waals surface area (Å²) < 4.78 is 4.85. The van der Waals surface area contributed by atoms with Gasteiger partial charge in [0.1, 0.15) is 6.04 Å². The highest BCUT2D eigenvalue weighted by atomic mass is 16.5. The average Bonchev–Trinajstić information content (AvgIpc) is 2.38. The molecule has 0 saturated carbocycles. The van der Waals surface area contributed by atoms with Gasteiger partial charge in [-0.25, -0.2) is 0 Å². The molecule has 0 aromatic heterocycles.